The third-order valence-corrected chi connectivity index (χ3v) is 5.46. The van der Waals surface area contributed by atoms with Gasteiger partial charge in [-0.25, -0.2) is 4.21 Å². The van der Waals surface area contributed by atoms with Gasteiger partial charge in [-0.2, -0.15) is 8.42 Å². The molecule has 0 bridgehead atoms. The maximum atomic E-state index is 12.1. The maximum absolute atomic E-state index is 12.1. The molecular formula is C5H9ClN4O3S2. The van der Waals surface area contributed by atoms with Crippen molar-refractivity contribution in [2.24, 2.45) is 10.8 Å². The van der Waals surface area contributed by atoms with E-state index in [9.17, 15) is 12.6 Å². The minimum atomic E-state index is -4.20. The molecule has 1 atom stereocenters. The Hall–Kier alpha value is -0.670. The SMILES string of the molecule is CC[S@@](=O)(=NS(=O)(=O)Cl)c1nncn1C. The largest absolute Gasteiger partial charge is 0.347 e. The first-order chi connectivity index (χ1) is 6.78. The lowest BCUT2D eigenvalue weighted by Crippen LogP contribution is -2.11. The lowest BCUT2D eigenvalue weighted by molar-refractivity contribution is 0.610. The summed E-state index contributed by atoms with van der Waals surface area (Å²) in [4.78, 5) is 0. The van der Waals surface area contributed by atoms with E-state index < -0.39 is 19.0 Å². The van der Waals surface area contributed by atoms with Crippen LogP contribution in [0.25, 0.3) is 0 Å². The first kappa shape index (κ1) is 12.4. The number of halogens is 1. The van der Waals surface area contributed by atoms with Crippen LogP contribution in [0, 0.1) is 0 Å². The molecule has 86 valence electrons. The molecule has 1 heterocycles. The van der Waals surface area contributed by atoms with Crippen LogP contribution in [0.4, 0.5) is 0 Å². The smallest absolute Gasteiger partial charge is 0.309 e. The zero-order valence-electron chi connectivity index (χ0n) is 7.99. The van der Waals surface area contributed by atoms with E-state index in [1.165, 1.54) is 17.8 Å². The van der Waals surface area contributed by atoms with E-state index in [0.29, 0.717) is 0 Å². The molecule has 0 spiro atoms. The van der Waals surface area contributed by atoms with Crippen LogP contribution >= 0.6 is 10.7 Å². The maximum Gasteiger partial charge on any atom is 0.347 e. The summed E-state index contributed by atoms with van der Waals surface area (Å²) in [6.45, 7) is 1.53. The van der Waals surface area contributed by atoms with E-state index >= 15 is 0 Å². The van der Waals surface area contributed by atoms with E-state index in [4.69, 9.17) is 10.7 Å². The third-order valence-electron chi connectivity index (χ3n) is 1.56. The summed E-state index contributed by atoms with van der Waals surface area (Å²) >= 11 is 0. The minimum absolute atomic E-state index is 0.00535. The number of aromatic nitrogens is 3. The number of rotatable bonds is 3. The van der Waals surface area contributed by atoms with Crippen LogP contribution in [-0.2, 0) is 26.0 Å². The molecule has 0 radical (unpaired) electrons. The molecule has 0 fully saturated rings. The predicted octanol–water partition coefficient (Wildman–Crippen LogP) is 0.146. The Balaban J connectivity index is 3.51. The number of aryl methyl sites for hydroxylation is 1. The Bertz CT molecular complexity index is 569. The third kappa shape index (κ3) is 2.89. The summed E-state index contributed by atoms with van der Waals surface area (Å²) in [7, 11) is -0.875. The van der Waals surface area contributed by atoms with Gasteiger partial charge in [-0.15, -0.1) is 10.2 Å². The lowest BCUT2D eigenvalue weighted by atomic mass is 11.0. The fraction of sp³-hybridized carbons (Fsp3) is 0.600. The van der Waals surface area contributed by atoms with Crippen molar-refractivity contribution >= 4 is 29.6 Å². The van der Waals surface area contributed by atoms with Crippen molar-refractivity contribution in [3.8, 4) is 0 Å². The molecule has 1 rings (SSSR count). The summed E-state index contributed by atoms with van der Waals surface area (Å²) in [6.07, 6.45) is 1.31. The quantitative estimate of drug-likeness (QED) is 0.730. The van der Waals surface area contributed by atoms with Crippen molar-refractivity contribution in [1.29, 1.82) is 0 Å². The van der Waals surface area contributed by atoms with Gasteiger partial charge in [0.25, 0.3) is 0 Å². The Morgan fingerprint density at radius 3 is 2.47 bits per heavy atom. The lowest BCUT2D eigenvalue weighted by Gasteiger charge is -2.03. The van der Waals surface area contributed by atoms with Crippen LogP contribution in [0.5, 0.6) is 0 Å². The zero-order valence-corrected chi connectivity index (χ0v) is 10.4. The van der Waals surface area contributed by atoms with Crippen molar-refractivity contribution in [1.82, 2.24) is 14.8 Å². The van der Waals surface area contributed by atoms with Crippen molar-refractivity contribution in [2.75, 3.05) is 5.75 Å². The average Bonchev–Trinajstić information content (AvgIpc) is 2.48. The molecule has 1 aromatic rings. The highest BCUT2D eigenvalue weighted by Crippen LogP contribution is 2.14. The highest BCUT2D eigenvalue weighted by Gasteiger charge is 2.20. The fourth-order valence-corrected chi connectivity index (χ4v) is 4.51. The van der Waals surface area contributed by atoms with Gasteiger partial charge in [0.2, 0.25) is 5.16 Å². The van der Waals surface area contributed by atoms with Crippen LogP contribution < -0.4 is 0 Å². The Labute approximate surface area is 92.2 Å². The van der Waals surface area contributed by atoms with Gasteiger partial charge in [-0.3, -0.25) is 0 Å². The van der Waals surface area contributed by atoms with Gasteiger partial charge >= 0.3 is 9.24 Å². The number of hydrogen-bond acceptors (Lipinski definition) is 5. The minimum Gasteiger partial charge on any atom is -0.309 e. The molecule has 0 aliphatic rings. The Morgan fingerprint density at radius 2 is 2.13 bits per heavy atom. The molecule has 0 saturated carbocycles. The molecule has 0 saturated heterocycles. The Kier molecular flexibility index (Phi) is 3.36. The first-order valence-corrected chi connectivity index (χ1v) is 7.78. The van der Waals surface area contributed by atoms with Crippen molar-refractivity contribution in [3.63, 3.8) is 0 Å². The summed E-state index contributed by atoms with van der Waals surface area (Å²) in [6, 6.07) is 0. The number of hydrogen-bond donors (Lipinski definition) is 0. The van der Waals surface area contributed by atoms with Gasteiger partial charge in [0, 0.05) is 23.5 Å². The normalized spacial score (nSPS) is 15.9. The van der Waals surface area contributed by atoms with Gasteiger partial charge in [0.05, 0.1) is 0 Å². The fourth-order valence-electron chi connectivity index (χ4n) is 0.920. The van der Waals surface area contributed by atoms with Crippen molar-refractivity contribution in [2.45, 2.75) is 12.1 Å². The molecule has 0 aliphatic carbocycles. The molecule has 0 unspecified atom stereocenters. The van der Waals surface area contributed by atoms with Crippen LogP contribution in [0.15, 0.2) is 15.3 Å². The summed E-state index contributed by atoms with van der Waals surface area (Å²) in [5.41, 5.74) is 0. The van der Waals surface area contributed by atoms with Crippen LogP contribution in [-0.4, -0.2) is 33.1 Å². The molecule has 0 aromatic carbocycles. The summed E-state index contributed by atoms with van der Waals surface area (Å²) < 4.78 is 38.1. The highest BCUT2D eigenvalue weighted by atomic mass is 35.7. The second kappa shape index (κ2) is 4.06. The molecule has 0 amide bonds. The second-order valence-electron chi connectivity index (χ2n) is 2.64. The molecule has 1 aromatic heterocycles. The van der Waals surface area contributed by atoms with Gasteiger partial charge in [0.1, 0.15) is 16.1 Å². The summed E-state index contributed by atoms with van der Waals surface area (Å²) in [5, 5.41) is 7.06. The molecule has 15 heavy (non-hydrogen) atoms. The van der Waals surface area contributed by atoms with Gasteiger partial charge in [-0.05, 0) is 0 Å². The standard InChI is InChI=1S/C5H9ClN4O3S2/c1-3-14(11,9-15(6,12)13)5-8-7-4-10(5)2/h4H,3H2,1-2H3/t14-/m0/s1. The molecule has 7 nitrogen and oxygen atoms in total. The second-order valence-corrected chi connectivity index (χ2v) is 7.45. The average molecular weight is 273 g/mol. The van der Waals surface area contributed by atoms with Crippen LogP contribution in [0.1, 0.15) is 6.92 Å². The van der Waals surface area contributed by atoms with E-state index in [1.807, 2.05) is 0 Å². The van der Waals surface area contributed by atoms with Crippen LogP contribution in [0.3, 0.4) is 0 Å². The molecule has 0 aliphatic heterocycles. The molecule has 0 N–H and O–H groups in total. The van der Waals surface area contributed by atoms with E-state index in [-0.39, 0.29) is 10.9 Å². The van der Waals surface area contributed by atoms with Gasteiger partial charge in [-0.1, -0.05) is 10.7 Å². The van der Waals surface area contributed by atoms with Crippen LogP contribution in [0.2, 0.25) is 0 Å². The number of nitrogens with zero attached hydrogens (tertiary/aromatic N) is 4. The summed E-state index contributed by atoms with van der Waals surface area (Å²) in [5.74, 6) is -0.00845. The van der Waals surface area contributed by atoms with Crippen molar-refractivity contribution < 1.29 is 12.6 Å². The zero-order chi connectivity index (χ0) is 11.7. The monoisotopic (exact) mass is 272 g/mol. The topological polar surface area (TPSA) is 94.3 Å². The van der Waals surface area contributed by atoms with E-state index in [1.54, 1.807) is 7.05 Å². The van der Waals surface area contributed by atoms with Gasteiger partial charge in [0.15, 0.2) is 0 Å². The predicted molar refractivity (Wildman–Crippen MR) is 55.2 cm³/mol. The molecular weight excluding hydrogens is 264 g/mol. The highest BCUT2D eigenvalue weighted by molar-refractivity contribution is 8.17. The molecule has 10 heteroatoms. The van der Waals surface area contributed by atoms with E-state index in [2.05, 4.69) is 14.0 Å². The van der Waals surface area contributed by atoms with Crippen molar-refractivity contribution in [3.05, 3.63) is 6.33 Å². The first-order valence-electron chi connectivity index (χ1n) is 3.83. The van der Waals surface area contributed by atoms with E-state index in [0.717, 1.165) is 0 Å². The Morgan fingerprint density at radius 1 is 1.53 bits per heavy atom. The van der Waals surface area contributed by atoms with Gasteiger partial charge < -0.3 is 4.57 Å².